The van der Waals surface area contributed by atoms with Crippen molar-refractivity contribution in [3.8, 4) is 0 Å². The van der Waals surface area contributed by atoms with Gasteiger partial charge >= 0.3 is 0 Å². The van der Waals surface area contributed by atoms with Crippen LogP contribution in [0.2, 0.25) is 0 Å². The van der Waals surface area contributed by atoms with Gasteiger partial charge in [-0.05, 0) is 6.92 Å². The summed E-state index contributed by atoms with van der Waals surface area (Å²) in [6, 6.07) is 0. The third kappa shape index (κ3) is 3.12. The van der Waals surface area contributed by atoms with Crippen LogP contribution in [0.3, 0.4) is 0 Å². The number of aliphatic hydroxyl groups is 1. The van der Waals surface area contributed by atoms with Gasteiger partial charge in [0.05, 0.1) is 18.1 Å². The van der Waals surface area contributed by atoms with Crippen molar-refractivity contribution in [1.29, 1.82) is 0 Å². The Hall–Kier alpha value is -0.880. The lowest BCUT2D eigenvalue weighted by Gasteiger charge is -2.05. The molecule has 1 aromatic rings. The van der Waals surface area contributed by atoms with E-state index in [2.05, 4.69) is 5.10 Å². The maximum atomic E-state index is 10.9. The Morgan fingerprint density at radius 2 is 2.29 bits per heavy atom. The maximum absolute atomic E-state index is 10.9. The van der Waals surface area contributed by atoms with E-state index >= 15 is 0 Å². The molecule has 0 aliphatic heterocycles. The first-order chi connectivity index (χ1) is 6.42. The molecule has 1 N–H and O–H groups in total. The molecule has 0 bridgehead atoms. The molecule has 6 heteroatoms. The van der Waals surface area contributed by atoms with Crippen molar-refractivity contribution in [3.05, 3.63) is 18.0 Å². The van der Waals surface area contributed by atoms with E-state index < -0.39 is 15.9 Å². The van der Waals surface area contributed by atoms with Gasteiger partial charge in [0.2, 0.25) is 0 Å². The molecule has 1 unspecified atom stereocenters. The zero-order chi connectivity index (χ0) is 10.8. The predicted molar refractivity (Wildman–Crippen MR) is 52.6 cm³/mol. The van der Waals surface area contributed by atoms with E-state index in [9.17, 15) is 13.5 Å². The number of sulfone groups is 1. The SMILES string of the molecule is CCn1cc(C(O)CS(C)(=O)=O)cn1. The van der Waals surface area contributed by atoms with Crippen LogP contribution in [0.4, 0.5) is 0 Å². The molecular formula is C8H14N2O3S. The largest absolute Gasteiger partial charge is 0.387 e. The van der Waals surface area contributed by atoms with Crippen molar-refractivity contribution >= 4 is 9.84 Å². The van der Waals surface area contributed by atoms with Crippen molar-refractivity contribution in [2.75, 3.05) is 12.0 Å². The van der Waals surface area contributed by atoms with Gasteiger partial charge in [0, 0.05) is 24.6 Å². The fourth-order valence-corrected chi connectivity index (χ4v) is 1.87. The van der Waals surface area contributed by atoms with E-state index in [1.165, 1.54) is 6.20 Å². The van der Waals surface area contributed by atoms with Crippen LogP contribution < -0.4 is 0 Å². The summed E-state index contributed by atoms with van der Waals surface area (Å²) >= 11 is 0. The Balaban J connectivity index is 2.74. The minimum atomic E-state index is -3.16. The molecule has 1 rings (SSSR count). The Morgan fingerprint density at radius 3 is 2.71 bits per heavy atom. The number of rotatable bonds is 4. The first-order valence-corrected chi connectivity index (χ1v) is 6.36. The molecule has 14 heavy (non-hydrogen) atoms. The lowest BCUT2D eigenvalue weighted by atomic mass is 10.2. The second kappa shape index (κ2) is 4.10. The van der Waals surface area contributed by atoms with Crippen LogP contribution in [0.5, 0.6) is 0 Å². The second-order valence-corrected chi connectivity index (χ2v) is 5.42. The molecule has 1 atom stereocenters. The highest BCUT2D eigenvalue weighted by atomic mass is 32.2. The van der Waals surface area contributed by atoms with Gasteiger partial charge in [0.25, 0.3) is 0 Å². The number of aliphatic hydroxyl groups excluding tert-OH is 1. The van der Waals surface area contributed by atoms with E-state index in [0.717, 1.165) is 6.26 Å². The van der Waals surface area contributed by atoms with Crippen LogP contribution in [-0.2, 0) is 16.4 Å². The van der Waals surface area contributed by atoms with E-state index in [0.29, 0.717) is 12.1 Å². The second-order valence-electron chi connectivity index (χ2n) is 3.24. The Labute approximate surface area is 83.3 Å². The summed E-state index contributed by atoms with van der Waals surface area (Å²) < 4.78 is 23.4. The average molecular weight is 218 g/mol. The number of aryl methyl sites for hydroxylation is 1. The van der Waals surface area contributed by atoms with Gasteiger partial charge in [-0.3, -0.25) is 4.68 Å². The molecule has 0 aliphatic rings. The van der Waals surface area contributed by atoms with Crippen LogP contribution in [0.1, 0.15) is 18.6 Å². The number of hydrogen-bond donors (Lipinski definition) is 1. The normalized spacial score (nSPS) is 14.2. The minimum Gasteiger partial charge on any atom is -0.387 e. The molecule has 0 spiro atoms. The van der Waals surface area contributed by atoms with Gasteiger partial charge in [-0.2, -0.15) is 5.10 Å². The maximum Gasteiger partial charge on any atom is 0.150 e. The first-order valence-electron chi connectivity index (χ1n) is 4.30. The van der Waals surface area contributed by atoms with E-state index in [4.69, 9.17) is 0 Å². The lowest BCUT2D eigenvalue weighted by molar-refractivity contribution is 0.201. The summed E-state index contributed by atoms with van der Waals surface area (Å²) in [5.74, 6) is -0.262. The molecule has 0 radical (unpaired) electrons. The van der Waals surface area contributed by atoms with Gasteiger partial charge in [0.15, 0.2) is 0 Å². The number of nitrogens with zero attached hydrogens (tertiary/aromatic N) is 2. The fourth-order valence-electron chi connectivity index (χ4n) is 1.11. The third-order valence-electron chi connectivity index (χ3n) is 1.82. The van der Waals surface area contributed by atoms with E-state index in [-0.39, 0.29) is 5.75 Å². The summed E-state index contributed by atoms with van der Waals surface area (Å²) in [5.41, 5.74) is 0.539. The van der Waals surface area contributed by atoms with Gasteiger partial charge in [0.1, 0.15) is 9.84 Å². The molecule has 0 amide bonds. The molecule has 0 saturated carbocycles. The van der Waals surface area contributed by atoms with E-state index in [1.54, 1.807) is 10.9 Å². The highest BCUT2D eigenvalue weighted by Crippen LogP contribution is 2.13. The number of aromatic nitrogens is 2. The molecule has 1 aromatic heterocycles. The van der Waals surface area contributed by atoms with E-state index in [1.807, 2.05) is 6.92 Å². The van der Waals surface area contributed by atoms with Crippen molar-refractivity contribution in [1.82, 2.24) is 9.78 Å². The topological polar surface area (TPSA) is 72.2 Å². The standard InChI is InChI=1S/C8H14N2O3S/c1-3-10-5-7(4-9-10)8(11)6-14(2,12)13/h4-5,8,11H,3,6H2,1-2H3. The molecule has 1 heterocycles. The van der Waals surface area contributed by atoms with Crippen molar-refractivity contribution in [3.63, 3.8) is 0 Å². The number of hydrogen-bond acceptors (Lipinski definition) is 4. The molecule has 0 aromatic carbocycles. The predicted octanol–water partition coefficient (Wildman–Crippen LogP) is -0.0190. The van der Waals surface area contributed by atoms with Gasteiger partial charge < -0.3 is 5.11 Å². The van der Waals surface area contributed by atoms with Crippen LogP contribution in [0.15, 0.2) is 12.4 Å². The molecule has 0 aliphatic carbocycles. The lowest BCUT2D eigenvalue weighted by Crippen LogP contribution is -2.12. The fraction of sp³-hybridized carbons (Fsp3) is 0.625. The van der Waals surface area contributed by atoms with Crippen molar-refractivity contribution < 1.29 is 13.5 Å². The zero-order valence-electron chi connectivity index (χ0n) is 8.21. The quantitative estimate of drug-likeness (QED) is 0.771. The van der Waals surface area contributed by atoms with Crippen LogP contribution in [-0.4, -0.2) is 35.3 Å². The Kier molecular flexibility index (Phi) is 3.28. The molecular weight excluding hydrogens is 204 g/mol. The highest BCUT2D eigenvalue weighted by molar-refractivity contribution is 7.90. The third-order valence-corrected chi connectivity index (χ3v) is 2.74. The Morgan fingerprint density at radius 1 is 1.64 bits per heavy atom. The summed E-state index contributed by atoms with van der Waals surface area (Å²) in [6.07, 6.45) is 3.25. The van der Waals surface area contributed by atoms with Crippen LogP contribution >= 0.6 is 0 Å². The average Bonchev–Trinajstić information content (AvgIpc) is 2.48. The highest BCUT2D eigenvalue weighted by Gasteiger charge is 2.15. The summed E-state index contributed by atoms with van der Waals surface area (Å²) in [5, 5.41) is 13.5. The van der Waals surface area contributed by atoms with Crippen molar-refractivity contribution in [2.24, 2.45) is 0 Å². The Bertz CT molecular complexity index is 396. The van der Waals surface area contributed by atoms with Crippen LogP contribution in [0, 0.1) is 0 Å². The van der Waals surface area contributed by atoms with Gasteiger partial charge in [-0.15, -0.1) is 0 Å². The first kappa shape index (κ1) is 11.2. The summed E-state index contributed by atoms with van der Waals surface area (Å²) in [6.45, 7) is 2.62. The van der Waals surface area contributed by atoms with Crippen LogP contribution in [0.25, 0.3) is 0 Å². The summed E-state index contributed by atoms with van der Waals surface area (Å²) in [4.78, 5) is 0. The molecule has 80 valence electrons. The molecule has 0 fully saturated rings. The van der Waals surface area contributed by atoms with Gasteiger partial charge in [-0.25, -0.2) is 8.42 Å². The zero-order valence-corrected chi connectivity index (χ0v) is 9.03. The minimum absolute atomic E-state index is 0.262. The summed E-state index contributed by atoms with van der Waals surface area (Å²) in [7, 11) is -3.16. The van der Waals surface area contributed by atoms with Crippen molar-refractivity contribution in [2.45, 2.75) is 19.6 Å². The molecule has 0 saturated heterocycles. The van der Waals surface area contributed by atoms with Gasteiger partial charge in [-0.1, -0.05) is 0 Å². The monoisotopic (exact) mass is 218 g/mol. The smallest absolute Gasteiger partial charge is 0.150 e. The molecule has 5 nitrogen and oxygen atoms in total.